The Morgan fingerprint density at radius 2 is 0.767 bits per heavy atom. The van der Waals surface area contributed by atoms with Crippen LogP contribution in [0.15, 0.2) is 206 Å². The number of benzene rings is 9. The predicted octanol–water partition coefficient (Wildman–Crippen LogP) is 14.2. The van der Waals surface area contributed by atoms with Gasteiger partial charge in [0.2, 0.25) is 0 Å². The lowest BCUT2D eigenvalue weighted by molar-refractivity contribution is 0.795. The van der Waals surface area contributed by atoms with Crippen LogP contribution >= 0.6 is 11.3 Å². The average Bonchev–Trinajstić information content (AvgIpc) is 3.86. The van der Waals surface area contributed by atoms with Crippen molar-refractivity contribution in [2.45, 2.75) is 52.4 Å². The molecule has 0 N–H and O–H groups in total. The Morgan fingerprint density at radius 1 is 0.342 bits per heavy atom. The zero-order valence-electron chi connectivity index (χ0n) is 41.2. The van der Waals surface area contributed by atoms with E-state index >= 15 is 0 Å². The van der Waals surface area contributed by atoms with Crippen LogP contribution in [0.1, 0.15) is 50.7 Å². The molecule has 73 heavy (non-hydrogen) atoms. The summed E-state index contributed by atoms with van der Waals surface area (Å²) < 4.78 is 2.85. The van der Waals surface area contributed by atoms with Crippen molar-refractivity contribution in [1.82, 2.24) is 0 Å². The lowest BCUT2D eigenvalue weighted by Gasteiger charge is -2.49. The molecule has 0 saturated heterocycles. The van der Waals surface area contributed by atoms with Crippen LogP contribution in [-0.4, -0.2) is 13.4 Å². The Kier molecular flexibility index (Phi) is 9.82. The number of fused-ring (bicyclic) bond motifs is 11. The van der Waals surface area contributed by atoms with Crippen molar-refractivity contribution in [3.8, 4) is 22.3 Å². The quantitative estimate of drug-likeness (QED) is 0.127. The van der Waals surface area contributed by atoms with E-state index in [2.05, 4.69) is 251 Å². The molecule has 0 aliphatic carbocycles. The van der Waals surface area contributed by atoms with Crippen molar-refractivity contribution < 1.29 is 0 Å². The first-order chi connectivity index (χ1) is 36.2. The highest BCUT2D eigenvalue weighted by molar-refractivity contribution is 7.39. The third kappa shape index (κ3) is 6.34. The highest BCUT2D eigenvalue weighted by atomic mass is 32.1. The zero-order valence-corrected chi connectivity index (χ0v) is 42.0. The van der Waals surface area contributed by atoms with Gasteiger partial charge in [-0.2, -0.15) is 11.3 Å². The van der Waals surface area contributed by atoms with Crippen LogP contribution in [-0.2, 0) is 12.8 Å². The van der Waals surface area contributed by atoms with E-state index in [0.29, 0.717) is 0 Å². The molecule has 0 spiro atoms. The molecule has 0 fully saturated rings. The van der Waals surface area contributed by atoms with Gasteiger partial charge in [0, 0.05) is 55.1 Å². The maximum atomic E-state index is 2.69. The Hall–Kier alpha value is -7.99. The number of thiophene rings is 1. The smallest absolute Gasteiger partial charge is 0.264 e. The van der Waals surface area contributed by atoms with Gasteiger partial charge < -0.3 is 19.6 Å². The minimum Gasteiger partial charge on any atom is -0.311 e. The standard InChI is InChI=1S/C66H52B2N4S/c1-3-5-21-43-34-36-53-52(37-43)68-62-57(69(53)49-27-15-9-16-28-49)39-47(45-23-11-7-12-24-45)42-60(62)72-55-32-20-19-31-54(55)71-59-41-48(46-25-13-8-14-26-46)40-58-61(59)67(65-63(71)64(72)66(68)73-65)51-35-33-44(22-6-4-2)38-56(51)70(58)50-29-17-10-18-30-50/h7-20,23-42H,3-6,21-22H2,1-2H3. The summed E-state index contributed by atoms with van der Waals surface area (Å²) in [5.41, 5.74) is 28.2. The second-order valence-corrected chi connectivity index (χ2v) is 21.6. The van der Waals surface area contributed by atoms with Gasteiger partial charge in [-0.05, 0) is 154 Å². The molecule has 4 nitrogen and oxygen atoms in total. The summed E-state index contributed by atoms with van der Waals surface area (Å²) in [7, 11) is 0. The fourth-order valence-electron chi connectivity index (χ4n) is 13.0. The number of hydrogen-bond donors (Lipinski definition) is 0. The molecule has 0 saturated carbocycles. The molecule has 0 unspecified atom stereocenters. The van der Waals surface area contributed by atoms with Gasteiger partial charge in [0.15, 0.2) is 0 Å². The van der Waals surface area contributed by atoms with E-state index in [0.717, 1.165) is 32.1 Å². The number of rotatable bonds is 10. The number of hydrogen-bond acceptors (Lipinski definition) is 5. The van der Waals surface area contributed by atoms with Gasteiger partial charge in [0.1, 0.15) is 0 Å². The number of aryl methyl sites for hydroxylation is 2. The lowest BCUT2D eigenvalue weighted by Crippen LogP contribution is -2.61. The number of nitrogens with zero attached hydrogens (tertiary/aromatic N) is 4. The molecule has 15 rings (SSSR count). The van der Waals surface area contributed by atoms with Gasteiger partial charge in [-0.3, -0.25) is 0 Å². The second kappa shape index (κ2) is 16.8. The van der Waals surface area contributed by atoms with E-state index in [4.69, 9.17) is 0 Å². The Bertz CT molecular complexity index is 3820. The third-order valence-corrected chi connectivity index (χ3v) is 17.5. The first-order valence-electron chi connectivity index (χ1n) is 26.5. The third-order valence-electron chi connectivity index (χ3n) is 16.2. The fourth-order valence-corrected chi connectivity index (χ4v) is 14.5. The highest BCUT2D eigenvalue weighted by Gasteiger charge is 2.54. The topological polar surface area (TPSA) is 13.0 Å². The van der Waals surface area contributed by atoms with Crippen LogP contribution < -0.4 is 51.0 Å². The van der Waals surface area contributed by atoms with Gasteiger partial charge in [0.05, 0.1) is 22.7 Å². The monoisotopic (exact) mass is 954 g/mol. The molecule has 1 aromatic heterocycles. The highest BCUT2D eigenvalue weighted by Crippen LogP contribution is 2.59. The lowest BCUT2D eigenvalue weighted by atomic mass is 9.35. The van der Waals surface area contributed by atoms with E-state index in [1.54, 1.807) is 0 Å². The van der Waals surface area contributed by atoms with Crippen molar-refractivity contribution in [3.63, 3.8) is 0 Å². The molecular formula is C66H52B2N4S. The molecule has 6 heterocycles. The minimum absolute atomic E-state index is 0.0150. The first-order valence-corrected chi connectivity index (χ1v) is 27.3. The molecular weight excluding hydrogens is 902 g/mol. The summed E-state index contributed by atoms with van der Waals surface area (Å²) in [6.07, 6.45) is 6.78. The Balaban J connectivity index is 1.07. The second-order valence-electron chi connectivity index (χ2n) is 20.5. The first kappa shape index (κ1) is 42.7. The van der Waals surface area contributed by atoms with Crippen LogP contribution in [0.25, 0.3) is 22.3 Å². The summed E-state index contributed by atoms with van der Waals surface area (Å²) in [6.45, 7) is 4.64. The molecule has 348 valence electrons. The van der Waals surface area contributed by atoms with E-state index in [-0.39, 0.29) is 13.4 Å². The maximum absolute atomic E-state index is 2.69. The number of unbranched alkanes of at least 4 members (excludes halogenated alkanes) is 2. The van der Waals surface area contributed by atoms with Crippen LogP contribution in [0.3, 0.4) is 0 Å². The molecule has 0 atom stereocenters. The largest absolute Gasteiger partial charge is 0.311 e. The SMILES string of the molecule is CCCCc1ccc2c(c1)B1c3sc4c5c3N(c3ccccc3N5c3cc(-c5ccccc5)cc5c3B4c3ccc(CCCC)cc3N5c3ccccc3)c3cc(-c4ccccc4)cc(c31)N2c1ccccc1. The van der Waals surface area contributed by atoms with Crippen LogP contribution in [0, 0.1) is 0 Å². The molecule has 0 radical (unpaired) electrons. The van der Waals surface area contributed by atoms with Crippen molar-refractivity contribution in [1.29, 1.82) is 0 Å². The number of anilines is 12. The summed E-state index contributed by atoms with van der Waals surface area (Å²) in [6, 6.07) is 78.4. The molecule has 5 aliphatic rings. The molecule has 10 aromatic rings. The normalized spacial score (nSPS) is 13.8. The average molecular weight is 955 g/mol. The van der Waals surface area contributed by atoms with Crippen molar-refractivity contribution >= 4 is 124 Å². The van der Waals surface area contributed by atoms with Crippen molar-refractivity contribution in [2.24, 2.45) is 0 Å². The predicted molar refractivity (Wildman–Crippen MR) is 314 cm³/mol. The van der Waals surface area contributed by atoms with Crippen LogP contribution in [0.2, 0.25) is 0 Å². The van der Waals surface area contributed by atoms with Gasteiger partial charge in [-0.25, -0.2) is 0 Å². The summed E-state index contributed by atoms with van der Waals surface area (Å²) >= 11 is 2.08. The maximum Gasteiger partial charge on any atom is 0.264 e. The van der Waals surface area contributed by atoms with E-state index in [1.165, 1.54) is 139 Å². The van der Waals surface area contributed by atoms with Crippen LogP contribution in [0.5, 0.6) is 0 Å². The van der Waals surface area contributed by atoms with E-state index < -0.39 is 0 Å². The molecule has 0 bridgehead atoms. The minimum atomic E-state index is 0.0150. The van der Waals surface area contributed by atoms with E-state index in [9.17, 15) is 0 Å². The van der Waals surface area contributed by atoms with Crippen molar-refractivity contribution in [3.05, 3.63) is 217 Å². The van der Waals surface area contributed by atoms with Gasteiger partial charge in [-0.1, -0.05) is 160 Å². The van der Waals surface area contributed by atoms with Crippen LogP contribution in [0.4, 0.5) is 68.2 Å². The zero-order chi connectivity index (χ0) is 48.3. The summed E-state index contributed by atoms with van der Waals surface area (Å²) in [5.74, 6) is 0. The van der Waals surface area contributed by atoms with Gasteiger partial charge in [-0.15, -0.1) is 0 Å². The summed E-state index contributed by atoms with van der Waals surface area (Å²) in [4.78, 5) is 10.5. The Labute approximate surface area is 433 Å². The molecule has 0 amide bonds. The van der Waals surface area contributed by atoms with Gasteiger partial charge >= 0.3 is 0 Å². The molecule has 7 heteroatoms. The Morgan fingerprint density at radius 3 is 1.27 bits per heavy atom. The summed E-state index contributed by atoms with van der Waals surface area (Å²) in [5, 5.41) is 0. The fraction of sp³-hybridized carbons (Fsp3) is 0.121. The molecule has 5 aliphatic heterocycles. The number of para-hydroxylation sites is 4. The van der Waals surface area contributed by atoms with E-state index in [1.807, 2.05) is 0 Å². The molecule has 9 aromatic carbocycles. The van der Waals surface area contributed by atoms with Gasteiger partial charge in [0.25, 0.3) is 13.4 Å². The van der Waals surface area contributed by atoms with Crippen molar-refractivity contribution in [2.75, 3.05) is 19.6 Å².